The molecule has 1 unspecified atom stereocenters. The number of fused-ring (bicyclic) bond motifs is 1. The summed E-state index contributed by atoms with van der Waals surface area (Å²) in [6.45, 7) is 0.763. The maximum atomic E-state index is 13.7. The maximum Gasteiger partial charge on any atom is 0.339 e. The number of carbonyl (C=O) groups is 2. The van der Waals surface area contributed by atoms with Crippen molar-refractivity contribution in [3.05, 3.63) is 81.2 Å². The number of urea groups is 1. The van der Waals surface area contributed by atoms with Crippen molar-refractivity contribution >= 4 is 55.2 Å². The molecule has 2 heterocycles. The van der Waals surface area contributed by atoms with Crippen LogP contribution in [0.5, 0.6) is 11.5 Å². The molecule has 32 heavy (non-hydrogen) atoms. The van der Waals surface area contributed by atoms with Crippen molar-refractivity contribution in [3.63, 3.8) is 0 Å². The Morgan fingerprint density at radius 1 is 0.781 bits per heavy atom. The van der Waals surface area contributed by atoms with Gasteiger partial charge in [-0.3, -0.25) is 9.69 Å². The second-order valence-electron chi connectivity index (χ2n) is 7.24. The summed E-state index contributed by atoms with van der Waals surface area (Å²) in [6, 6.07) is 17.6. The van der Waals surface area contributed by atoms with E-state index >= 15 is 0 Å². The second kappa shape index (κ2) is 7.91. The van der Waals surface area contributed by atoms with Crippen LogP contribution in [0.1, 0.15) is 5.56 Å². The van der Waals surface area contributed by atoms with Crippen molar-refractivity contribution in [2.75, 3.05) is 23.0 Å². The summed E-state index contributed by atoms with van der Waals surface area (Å²) in [6.07, 6.45) is 0. The van der Waals surface area contributed by atoms with Gasteiger partial charge < -0.3 is 14.6 Å². The molecular weight excluding hydrogens is 544 g/mol. The van der Waals surface area contributed by atoms with Crippen LogP contribution in [0, 0.1) is 0 Å². The van der Waals surface area contributed by atoms with Gasteiger partial charge in [0.1, 0.15) is 13.2 Å². The maximum absolute atomic E-state index is 13.7. The number of carbonyl (C=O) groups excluding carboxylic acids is 2. The zero-order valence-corrected chi connectivity index (χ0v) is 19.7. The summed E-state index contributed by atoms with van der Waals surface area (Å²) < 4.78 is 12.8. The molecule has 3 amide bonds. The van der Waals surface area contributed by atoms with Gasteiger partial charge in [-0.05, 0) is 66.7 Å². The minimum atomic E-state index is -2.28. The van der Waals surface area contributed by atoms with E-state index in [-0.39, 0.29) is 5.56 Å². The Balaban J connectivity index is 1.68. The number of hydrogen-bond acceptors (Lipinski definition) is 5. The number of imide groups is 1. The number of anilines is 2. The van der Waals surface area contributed by atoms with Crippen LogP contribution in [0.15, 0.2) is 75.7 Å². The first-order valence-corrected chi connectivity index (χ1v) is 11.3. The number of amides is 3. The van der Waals surface area contributed by atoms with Gasteiger partial charge in [0.2, 0.25) is 0 Å². The van der Waals surface area contributed by atoms with Gasteiger partial charge in [-0.25, -0.2) is 9.69 Å². The monoisotopic (exact) mass is 558 g/mol. The highest BCUT2D eigenvalue weighted by molar-refractivity contribution is 9.10. The summed E-state index contributed by atoms with van der Waals surface area (Å²) in [7, 11) is 0. The van der Waals surface area contributed by atoms with Crippen molar-refractivity contribution in [3.8, 4) is 11.5 Å². The molecule has 5 rings (SSSR count). The number of aliphatic hydroxyl groups is 1. The zero-order chi connectivity index (χ0) is 22.5. The molecule has 1 fully saturated rings. The average molecular weight is 560 g/mol. The fourth-order valence-corrected chi connectivity index (χ4v) is 4.32. The normalized spacial score (nSPS) is 20.1. The lowest BCUT2D eigenvalue weighted by atomic mass is 9.99. The molecule has 9 heteroatoms. The molecular formula is C23H16Br2N2O5. The highest BCUT2D eigenvalue weighted by atomic mass is 79.9. The molecule has 0 spiro atoms. The molecule has 2 aliphatic rings. The van der Waals surface area contributed by atoms with Crippen LogP contribution >= 0.6 is 31.9 Å². The Morgan fingerprint density at radius 2 is 1.34 bits per heavy atom. The van der Waals surface area contributed by atoms with E-state index in [0.29, 0.717) is 36.1 Å². The van der Waals surface area contributed by atoms with Gasteiger partial charge in [-0.2, -0.15) is 0 Å². The molecule has 162 valence electrons. The third-order valence-electron chi connectivity index (χ3n) is 5.32. The quantitative estimate of drug-likeness (QED) is 0.466. The SMILES string of the molecule is O=C1N(c2ccc(Br)cc2)C(=O)C(O)(c2ccc3c(c2)OCCO3)N1c1ccc(Br)cc1. The van der Waals surface area contributed by atoms with Crippen LogP contribution in [0.4, 0.5) is 16.2 Å². The fraction of sp³-hybridized carbons (Fsp3) is 0.130. The Labute approximate surface area is 200 Å². The Kier molecular flexibility index (Phi) is 5.19. The van der Waals surface area contributed by atoms with E-state index in [1.807, 2.05) is 0 Å². The summed E-state index contributed by atoms with van der Waals surface area (Å²) in [4.78, 5) is 29.3. The van der Waals surface area contributed by atoms with Crippen LogP contribution in [0.2, 0.25) is 0 Å². The van der Waals surface area contributed by atoms with Crippen molar-refractivity contribution in [1.29, 1.82) is 0 Å². The summed E-state index contributed by atoms with van der Waals surface area (Å²) in [5, 5.41) is 11.9. The third kappa shape index (κ3) is 3.28. The van der Waals surface area contributed by atoms with Gasteiger partial charge in [-0.1, -0.05) is 31.9 Å². The molecule has 0 bridgehead atoms. The fourth-order valence-electron chi connectivity index (χ4n) is 3.79. The number of hydrogen-bond donors (Lipinski definition) is 1. The van der Waals surface area contributed by atoms with E-state index < -0.39 is 17.7 Å². The lowest BCUT2D eigenvalue weighted by Gasteiger charge is -2.31. The van der Waals surface area contributed by atoms with Gasteiger partial charge in [-0.15, -0.1) is 0 Å². The highest BCUT2D eigenvalue weighted by Crippen LogP contribution is 2.44. The smallest absolute Gasteiger partial charge is 0.339 e. The molecule has 0 aromatic heterocycles. The third-order valence-corrected chi connectivity index (χ3v) is 6.38. The van der Waals surface area contributed by atoms with Crippen LogP contribution in [-0.2, 0) is 10.5 Å². The van der Waals surface area contributed by atoms with E-state index in [1.54, 1.807) is 60.7 Å². The lowest BCUT2D eigenvalue weighted by molar-refractivity contribution is -0.133. The summed E-state index contributed by atoms with van der Waals surface area (Å²) in [5.41, 5.74) is -1.38. The number of halogens is 2. The van der Waals surface area contributed by atoms with Crippen molar-refractivity contribution in [2.45, 2.75) is 5.72 Å². The Morgan fingerprint density at radius 3 is 1.97 bits per heavy atom. The molecule has 3 aromatic carbocycles. The molecule has 0 saturated carbocycles. The van der Waals surface area contributed by atoms with E-state index in [1.165, 1.54) is 6.07 Å². The lowest BCUT2D eigenvalue weighted by Crippen LogP contribution is -2.47. The van der Waals surface area contributed by atoms with Gasteiger partial charge in [0.05, 0.1) is 5.69 Å². The largest absolute Gasteiger partial charge is 0.486 e. The number of rotatable bonds is 3. The standard InChI is InChI=1S/C23H16Br2N2O5/c24-15-2-6-17(7-3-15)26-21(28)23(30,14-1-10-19-20(13-14)32-12-11-31-19)27(22(26)29)18-8-4-16(25)5-9-18/h1-10,13,30H,11-12H2. The highest BCUT2D eigenvalue weighted by Gasteiger charge is 2.59. The predicted octanol–water partition coefficient (Wildman–Crippen LogP) is 4.80. The van der Waals surface area contributed by atoms with Crippen LogP contribution in [-0.4, -0.2) is 30.3 Å². The molecule has 3 aromatic rings. The Bertz CT molecular complexity index is 1220. The summed E-state index contributed by atoms with van der Waals surface area (Å²) >= 11 is 6.73. The molecule has 1 atom stereocenters. The van der Waals surface area contributed by atoms with Gasteiger partial charge in [0.25, 0.3) is 11.6 Å². The first-order valence-electron chi connectivity index (χ1n) is 9.72. The van der Waals surface area contributed by atoms with E-state index in [4.69, 9.17) is 9.47 Å². The molecule has 7 nitrogen and oxygen atoms in total. The van der Waals surface area contributed by atoms with Crippen molar-refractivity contribution in [1.82, 2.24) is 0 Å². The summed E-state index contributed by atoms with van der Waals surface area (Å²) in [5.74, 6) is 0.130. The van der Waals surface area contributed by atoms with E-state index in [2.05, 4.69) is 31.9 Å². The molecule has 0 aliphatic carbocycles. The minimum Gasteiger partial charge on any atom is -0.486 e. The number of nitrogens with zero attached hydrogens (tertiary/aromatic N) is 2. The molecule has 1 saturated heterocycles. The zero-order valence-electron chi connectivity index (χ0n) is 16.5. The average Bonchev–Trinajstić information content (AvgIpc) is 3.01. The Hall–Kier alpha value is -2.88. The first-order chi connectivity index (χ1) is 15.4. The van der Waals surface area contributed by atoms with Gasteiger partial charge >= 0.3 is 6.03 Å². The van der Waals surface area contributed by atoms with Gasteiger partial charge in [0, 0.05) is 20.2 Å². The van der Waals surface area contributed by atoms with Crippen LogP contribution in [0.3, 0.4) is 0 Å². The number of ether oxygens (including phenoxy) is 2. The minimum absolute atomic E-state index is 0.197. The molecule has 0 radical (unpaired) electrons. The molecule has 2 aliphatic heterocycles. The topological polar surface area (TPSA) is 79.3 Å². The van der Waals surface area contributed by atoms with Crippen molar-refractivity contribution < 1.29 is 24.2 Å². The second-order valence-corrected chi connectivity index (χ2v) is 9.07. The van der Waals surface area contributed by atoms with Crippen molar-refractivity contribution in [2.24, 2.45) is 0 Å². The predicted molar refractivity (Wildman–Crippen MR) is 125 cm³/mol. The van der Waals surface area contributed by atoms with Crippen LogP contribution in [0.25, 0.3) is 0 Å². The first kappa shape index (κ1) is 21.0. The van der Waals surface area contributed by atoms with E-state index in [0.717, 1.165) is 18.7 Å². The number of benzene rings is 3. The van der Waals surface area contributed by atoms with Gasteiger partial charge in [0.15, 0.2) is 11.5 Å². The van der Waals surface area contributed by atoms with E-state index in [9.17, 15) is 14.7 Å². The van der Waals surface area contributed by atoms with Crippen LogP contribution < -0.4 is 19.3 Å². The molecule has 1 N–H and O–H groups in total.